The maximum atomic E-state index is 12.0. The molecule has 1 fully saturated rings. The summed E-state index contributed by atoms with van der Waals surface area (Å²) in [6.07, 6.45) is 0.303. The third kappa shape index (κ3) is 3.05. The highest BCUT2D eigenvalue weighted by molar-refractivity contribution is 6.03. The van der Waals surface area contributed by atoms with E-state index < -0.39 is 5.91 Å². The van der Waals surface area contributed by atoms with E-state index in [0.29, 0.717) is 5.92 Å². The van der Waals surface area contributed by atoms with Gasteiger partial charge in [-0.05, 0) is 11.8 Å². The van der Waals surface area contributed by atoms with Gasteiger partial charge in [0.2, 0.25) is 17.7 Å². The number of hydrogen-bond donors (Lipinski definition) is 1. The minimum absolute atomic E-state index is 0.0419. The van der Waals surface area contributed by atoms with Gasteiger partial charge >= 0.3 is 0 Å². The van der Waals surface area contributed by atoms with Crippen LogP contribution in [0.15, 0.2) is 0 Å². The average Bonchev–Trinajstić information content (AvgIpc) is 2.50. The van der Waals surface area contributed by atoms with Crippen LogP contribution in [0, 0.1) is 17.8 Å². The second-order valence-electron chi connectivity index (χ2n) is 5.01. The highest BCUT2D eigenvalue weighted by Crippen LogP contribution is 2.30. The Morgan fingerprint density at radius 2 is 2.00 bits per heavy atom. The van der Waals surface area contributed by atoms with Gasteiger partial charge in [0.15, 0.2) is 0 Å². The van der Waals surface area contributed by atoms with Crippen LogP contribution >= 0.6 is 0 Å². The smallest absolute Gasteiger partial charge is 0.233 e. The molecule has 0 aliphatic carbocycles. The second kappa shape index (κ2) is 5.29. The summed E-state index contributed by atoms with van der Waals surface area (Å²) in [5, 5.41) is 0. The summed E-state index contributed by atoms with van der Waals surface area (Å²) in [5.41, 5.74) is 5.02. The molecule has 1 aliphatic heterocycles. The molecule has 0 saturated carbocycles. The Labute approximate surface area is 101 Å². The highest BCUT2D eigenvalue weighted by atomic mass is 16.2. The molecule has 5 nitrogen and oxygen atoms in total. The fraction of sp³-hybridized carbons (Fsp3) is 0.750. The van der Waals surface area contributed by atoms with Gasteiger partial charge < -0.3 is 5.73 Å². The largest absolute Gasteiger partial charge is 0.370 e. The molecule has 1 saturated heterocycles. The number of nitrogens with two attached hydrogens (primary N) is 1. The number of hydrogen-bond acceptors (Lipinski definition) is 3. The van der Waals surface area contributed by atoms with Crippen molar-refractivity contribution in [3.05, 3.63) is 0 Å². The molecule has 0 spiro atoms. The zero-order valence-electron chi connectivity index (χ0n) is 10.6. The van der Waals surface area contributed by atoms with Gasteiger partial charge in [-0.25, -0.2) is 0 Å². The van der Waals surface area contributed by atoms with Gasteiger partial charge in [0.25, 0.3) is 0 Å². The van der Waals surface area contributed by atoms with Crippen molar-refractivity contribution in [3.63, 3.8) is 0 Å². The van der Waals surface area contributed by atoms with Crippen LogP contribution < -0.4 is 5.73 Å². The van der Waals surface area contributed by atoms with Crippen molar-refractivity contribution in [2.45, 2.75) is 33.6 Å². The summed E-state index contributed by atoms with van der Waals surface area (Å²) in [5.74, 6) is -0.551. The lowest BCUT2D eigenvalue weighted by Crippen LogP contribution is -2.35. The van der Waals surface area contributed by atoms with Crippen LogP contribution in [0.25, 0.3) is 0 Å². The normalized spacial score (nSPS) is 22.4. The topological polar surface area (TPSA) is 80.5 Å². The summed E-state index contributed by atoms with van der Waals surface area (Å²) in [6.45, 7) is 6.18. The van der Waals surface area contributed by atoms with Crippen molar-refractivity contribution >= 4 is 17.7 Å². The van der Waals surface area contributed by atoms with Gasteiger partial charge in [-0.3, -0.25) is 19.3 Å². The molecular weight excluding hydrogens is 220 g/mol. The summed E-state index contributed by atoms with van der Waals surface area (Å²) in [7, 11) is 0. The SMILES string of the molecule is CC(C)C(C)C1CC(=O)N(CCC(N)=O)C1=O. The lowest BCUT2D eigenvalue weighted by molar-refractivity contribution is -0.140. The predicted octanol–water partition coefficient (Wildman–Crippen LogP) is 0.529. The van der Waals surface area contributed by atoms with E-state index in [9.17, 15) is 14.4 Å². The average molecular weight is 240 g/mol. The first-order chi connectivity index (χ1) is 7.84. The molecule has 1 aliphatic rings. The Morgan fingerprint density at radius 1 is 1.41 bits per heavy atom. The van der Waals surface area contributed by atoms with E-state index in [4.69, 9.17) is 5.73 Å². The predicted molar refractivity (Wildman–Crippen MR) is 62.6 cm³/mol. The van der Waals surface area contributed by atoms with Crippen molar-refractivity contribution in [1.29, 1.82) is 0 Å². The molecule has 2 atom stereocenters. The van der Waals surface area contributed by atoms with Crippen LogP contribution in [0.4, 0.5) is 0 Å². The zero-order valence-corrected chi connectivity index (χ0v) is 10.6. The molecule has 2 unspecified atom stereocenters. The highest BCUT2D eigenvalue weighted by Gasteiger charge is 2.41. The van der Waals surface area contributed by atoms with Crippen LogP contribution in [0.2, 0.25) is 0 Å². The minimum Gasteiger partial charge on any atom is -0.370 e. The van der Waals surface area contributed by atoms with Crippen molar-refractivity contribution in [3.8, 4) is 0 Å². The van der Waals surface area contributed by atoms with Crippen LogP contribution in [0.5, 0.6) is 0 Å². The zero-order chi connectivity index (χ0) is 13.2. The summed E-state index contributed by atoms with van der Waals surface area (Å²) < 4.78 is 0. The first-order valence-electron chi connectivity index (χ1n) is 5.97. The summed E-state index contributed by atoms with van der Waals surface area (Å²) in [4.78, 5) is 35.6. The number of primary amides is 1. The molecule has 3 amide bonds. The van der Waals surface area contributed by atoms with Crippen molar-refractivity contribution in [1.82, 2.24) is 4.90 Å². The van der Waals surface area contributed by atoms with Crippen LogP contribution in [0.3, 0.4) is 0 Å². The molecule has 1 rings (SSSR count). The summed E-state index contributed by atoms with van der Waals surface area (Å²) >= 11 is 0. The molecule has 0 aromatic rings. The second-order valence-corrected chi connectivity index (χ2v) is 5.01. The number of nitrogens with zero attached hydrogens (tertiary/aromatic N) is 1. The van der Waals surface area contributed by atoms with Gasteiger partial charge in [0.1, 0.15) is 0 Å². The summed E-state index contributed by atoms with van der Waals surface area (Å²) in [6, 6.07) is 0. The molecule has 0 bridgehead atoms. The number of rotatable bonds is 5. The van der Waals surface area contributed by atoms with E-state index in [1.165, 1.54) is 4.90 Å². The molecule has 5 heteroatoms. The quantitative estimate of drug-likeness (QED) is 0.712. The monoisotopic (exact) mass is 240 g/mol. The van der Waals surface area contributed by atoms with Gasteiger partial charge in [-0.15, -0.1) is 0 Å². The van der Waals surface area contributed by atoms with Crippen LogP contribution in [0.1, 0.15) is 33.6 Å². The standard InChI is InChI=1S/C12H20N2O3/c1-7(2)8(3)9-6-11(16)14(12(9)17)5-4-10(13)15/h7-9H,4-6H2,1-3H3,(H2,13,15). The Bertz CT molecular complexity index is 339. The van der Waals surface area contributed by atoms with E-state index in [1.807, 2.05) is 20.8 Å². The number of amides is 3. The Balaban J connectivity index is 2.68. The Kier molecular flexibility index (Phi) is 4.26. The van der Waals surface area contributed by atoms with Gasteiger partial charge in [0, 0.05) is 19.4 Å². The number of carbonyl (C=O) groups excluding carboxylic acids is 3. The van der Waals surface area contributed by atoms with E-state index in [-0.39, 0.29) is 43.0 Å². The van der Waals surface area contributed by atoms with Gasteiger partial charge in [-0.1, -0.05) is 20.8 Å². The number of imide groups is 1. The molecule has 17 heavy (non-hydrogen) atoms. The fourth-order valence-electron chi connectivity index (χ4n) is 2.04. The first kappa shape index (κ1) is 13.7. The van der Waals surface area contributed by atoms with Gasteiger partial charge in [0.05, 0.1) is 5.92 Å². The van der Waals surface area contributed by atoms with Crippen LogP contribution in [-0.2, 0) is 14.4 Å². The number of carbonyl (C=O) groups is 3. The third-order valence-electron chi connectivity index (χ3n) is 3.55. The van der Waals surface area contributed by atoms with Crippen LogP contribution in [-0.4, -0.2) is 29.2 Å². The van der Waals surface area contributed by atoms with E-state index in [0.717, 1.165) is 0 Å². The molecule has 96 valence electrons. The lowest BCUT2D eigenvalue weighted by atomic mass is 9.84. The van der Waals surface area contributed by atoms with Crippen molar-refractivity contribution in [2.75, 3.05) is 6.54 Å². The third-order valence-corrected chi connectivity index (χ3v) is 3.55. The lowest BCUT2D eigenvalue weighted by Gasteiger charge is -2.21. The molecule has 1 heterocycles. The maximum Gasteiger partial charge on any atom is 0.233 e. The first-order valence-corrected chi connectivity index (χ1v) is 5.97. The van der Waals surface area contributed by atoms with E-state index in [1.54, 1.807) is 0 Å². The van der Waals surface area contributed by atoms with E-state index >= 15 is 0 Å². The van der Waals surface area contributed by atoms with E-state index in [2.05, 4.69) is 0 Å². The number of likely N-dealkylation sites (tertiary alicyclic amines) is 1. The molecule has 2 N–H and O–H groups in total. The Morgan fingerprint density at radius 3 is 2.47 bits per heavy atom. The molecule has 0 aromatic heterocycles. The minimum atomic E-state index is -0.494. The van der Waals surface area contributed by atoms with Crippen molar-refractivity contribution in [2.24, 2.45) is 23.5 Å². The fourth-order valence-corrected chi connectivity index (χ4v) is 2.04. The molecule has 0 radical (unpaired) electrons. The Hall–Kier alpha value is -1.39. The molecular formula is C12H20N2O3. The maximum absolute atomic E-state index is 12.0. The van der Waals surface area contributed by atoms with Crippen molar-refractivity contribution < 1.29 is 14.4 Å². The molecule has 0 aromatic carbocycles. The van der Waals surface area contributed by atoms with Gasteiger partial charge in [-0.2, -0.15) is 0 Å².